The highest BCUT2D eigenvalue weighted by Gasteiger charge is 2.32. The van der Waals surface area contributed by atoms with Crippen LogP contribution >= 0.6 is 23.1 Å². The van der Waals surface area contributed by atoms with Gasteiger partial charge in [-0.05, 0) is 84.1 Å². The van der Waals surface area contributed by atoms with Gasteiger partial charge in [-0.3, -0.25) is 29.6 Å². The number of nitrogens with zero attached hydrogens (tertiary/aromatic N) is 7. The third kappa shape index (κ3) is 8.79. The van der Waals surface area contributed by atoms with E-state index in [4.69, 9.17) is 19.4 Å². The van der Waals surface area contributed by atoms with Crippen LogP contribution in [0.3, 0.4) is 0 Å². The number of carboxylic acids is 2. The van der Waals surface area contributed by atoms with Crippen LogP contribution in [0, 0.1) is 6.92 Å². The molecule has 17 nitrogen and oxygen atoms in total. The zero-order valence-corrected chi connectivity index (χ0v) is 35.8. The van der Waals surface area contributed by atoms with Crippen molar-refractivity contribution in [1.82, 2.24) is 39.4 Å². The molecule has 0 spiro atoms. The summed E-state index contributed by atoms with van der Waals surface area (Å²) in [5, 5.41) is 29.7. The molecule has 1 fully saturated rings. The van der Waals surface area contributed by atoms with Crippen LogP contribution in [0.4, 0.5) is 11.9 Å². The summed E-state index contributed by atoms with van der Waals surface area (Å²) in [7, 11) is 3.29. The number of amides is 1. The second-order valence-corrected chi connectivity index (χ2v) is 16.7. The normalized spacial score (nSPS) is 14.4. The van der Waals surface area contributed by atoms with Gasteiger partial charge in [-0.2, -0.15) is 0 Å². The Morgan fingerprint density at radius 3 is 2.26 bits per heavy atom. The predicted molar refractivity (Wildman–Crippen MR) is 226 cm³/mol. The van der Waals surface area contributed by atoms with E-state index in [1.807, 2.05) is 58.2 Å². The van der Waals surface area contributed by atoms with Crippen molar-refractivity contribution >= 4 is 74.9 Å². The number of aromatic carboxylic acids is 2. The van der Waals surface area contributed by atoms with E-state index in [1.54, 1.807) is 28.5 Å². The number of aryl methyl sites for hydroxylation is 2. The van der Waals surface area contributed by atoms with Gasteiger partial charge >= 0.3 is 11.9 Å². The van der Waals surface area contributed by atoms with E-state index in [0.717, 1.165) is 31.1 Å². The number of benzene rings is 2. The molecule has 19 heteroatoms. The average molecular weight is 837 g/mol. The zero-order chi connectivity index (χ0) is 41.9. The Bertz CT molecular complexity index is 2310. The molecule has 1 unspecified atom stereocenters. The number of ether oxygens (including phenoxy) is 2. The third-order valence-corrected chi connectivity index (χ3v) is 12.3. The summed E-state index contributed by atoms with van der Waals surface area (Å²) in [5.74, 6) is -1.14. The minimum atomic E-state index is -1.16. The number of methoxy groups -OCH3 is 1. The maximum Gasteiger partial charge on any atom is 0.335 e. The monoisotopic (exact) mass is 836 g/mol. The van der Waals surface area contributed by atoms with E-state index in [2.05, 4.69) is 25.9 Å². The van der Waals surface area contributed by atoms with Crippen LogP contribution in [0.1, 0.15) is 88.3 Å². The van der Waals surface area contributed by atoms with Gasteiger partial charge in [0.05, 0.1) is 58.7 Å². The van der Waals surface area contributed by atoms with Crippen LogP contribution in [0.25, 0.3) is 22.1 Å². The summed E-state index contributed by atoms with van der Waals surface area (Å²) in [6.45, 7) is 16.4. The summed E-state index contributed by atoms with van der Waals surface area (Å²) in [6.07, 6.45) is 0.685. The molecule has 1 atom stereocenters. The van der Waals surface area contributed by atoms with Gasteiger partial charge in [0.15, 0.2) is 0 Å². The molecule has 58 heavy (non-hydrogen) atoms. The lowest BCUT2D eigenvalue weighted by molar-refractivity contribution is 0.0381. The van der Waals surface area contributed by atoms with Crippen molar-refractivity contribution in [2.45, 2.75) is 71.1 Å². The lowest BCUT2D eigenvalue weighted by Crippen LogP contribution is -2.55. The molecule has 0 radical (unpaired) electrons. The number of hydrogen-bond donors (Lipinski definition) is 5. The fourth-order valence-electron chi connectivity index (χ4n) is 7.44. The quantitative estimate of drug-likeness (QED) is 0.0304. The first-order valence-corrected chi connectivity index (χ1v) is 21.1. The maximum absolute atomic E-state index is 14.1. The van der Waals surface area contributed by atoms with Crippen LogP contribution in [-0.4, -0.2) is 127 Å². The highest BCUT2D eigenvalue weighted by atomic mass is 32.2. The molecule has 5 aromatic rings. The van der Waals surface area contributed by atoms with E-state index in [0.29, 0.717) is 69.9 Å². The third-order valence-electron chi connectivity index (χ3n) is 10.2. The number of thiazole rings is 1. The molecule has 0 aliphatic carbocycles. The van der Waals surface area contributed by atoms with E-state index in [1.165, 1.54) is 30.6 Å². The fourth-order valence-corrected chi connectivity index (χ4v) is 9.38. The van der Waals surface area contributed by atoms with Gasteiger partial charge in [-0.25, -0.2) is 29.5 Å². The SMILES string of the molecule is CCc1nc(C)sc1C(=O)Nc1nc2cc(C(=O)O)cc(OC)c2n1C(C)n1c(NC(C)(C)N(CC)NC)nc2cc(C(=O)O)cc(SCCCN3CCOCC3)c21. The molecule has 5 N–H and O–H groups in total. The highest BCUT2D eigenvalue weighted by molar-refractivity contribution is 7.99. The molecule has 312 valence electrons. The van der Waals surface area contributed by atoms with Gasteiger partial charge in [-0.1, -0.05) is 13.8 Å². The van der Waals surface area contributed by atoms with Crippen molar-refractivity contribution < 1.29 is 34.1 Å². The molecule has 3 aromatic heterocycles. The number of nitrogens with one attached hydrogen (secondary N) is 3. The molecular weight excluding hydrogens is 785 g/mol. The number of morpholine rings is 1. The van der Waals surface area contributed by atoms with Gasteiger partial charge in [0, 0.05) is 24.5 Å². The van der Waals surface area contributed by atoms with E-state index in [9.17, 15) is 24.6 Å². The van der Waals surface area contributed by atoms with Gasteiger partial charge in [0.2, 0.25) is 11.9 Å². The van der Waals surface area contributed by atoms with Gasteiger partial charge in [0.25, 0.3) is 5.91 Å². The topological polar surface area (TPSA) is 201 Å². The number of hydrazine groups is 1. The molecule has 1 amide bonds. The van der Waals surface area contributed by atoms with Crippen LogP contribution in [0.5, 0.6) is 5.75 Å². The van der Waals surface area contributed by atoms with Crippen molar-refractivity contribution in [2.75, 3.05) is 69.9 Å². The van der Waals surface area contributed by atoms with Crippen LogP contribution in [-0.2, 0) is 11.2 Å². The number of carbonyl (C=O) groups excluding carboxylic acids is 1. The molecule has 4 heterocycles. The van der Waals surface area contributed by atoms with E-state index in [-0.39, 0.29) is 28.3 Å². The largest absolute Gasteiger partial charge is 0.494 e. The minimum Gasteiger partial charge on any atom is -0.494 e. The number of fused-ring (bicyclic) bond motifs is 2. The van der Waals surface area contributed by atoms with E-state index < -0.39 is 29.7 Å². The molecule has 0 saturated carbocycles. The Morgan fingerprint density at radius 1 is 1.00 bits per heavy atom. The summed E-state index contributed by atoms with van der Waals surface area (Å²) in [6, 6.07) is 6.13. The Balaban J connectivity index is 1.57. The second kappa shape index (κ2) is 18.0. The lowest BCUT2D eigenvalue weighted by Gasteiger charge is -2.38. The molecule has 1 aliphatic rings. The van der Waals surface area contributed by atoms with Gasteiger partial charge in [-0.15, -0.1) is 23.1 Å². The predicted octanol–water partition coefficient (Wildman–Crippen LogP) is 5.86. The summed E-state index contributed by atoms with van der Waals surface area (Å²) >= 11 is 2.84. The van der Waals surface area contributed by atoms with Gasteiger partial charge in [0.1, 0.15) is 28.0 Å². The van der Waals surface area contributed by atoms with Crippen molar-refractivity contribution in [1.29, 1.82) is 0 Å². The number of aromatic nitrogens is 5. The number of imidazole rings is 2. The van der Waals surface area contributed by atoms with Crippen molar-refractivity contribution in [3.05, 3.63) is 51.0 Å². The molecular formula is C39H52N10O7S2. The lowest BCUT2D eigenvalue weighted by atomic mass is 10.2. The number of hydrogen-bond acceptors (Lipinski definition) is 14. The Kier molecular flexibility index (Phi) is 13.3. The minimum absolute atomic E-state index is 0.0354. The van der Waals surface area contributed by atoms with Crippen molar-refractivity contribution in [2.24, 2.45) is 0 Å². The fraction of sp³-hybridized carbons (Fsp3) is 0.487. The summed E-state index contributed by atoms with van der Waals surface area (Å²) in [5.41, 5.74) is 5.10. The van der Waals surface area contributed by atoms with Crippen LogP contribution in [0.15, 0.2) is 29.2 Å². The molecule has 1 saturated heterocycles. The van der Waals surface area contributed by atoms with E-state index >= 15 is 0 Å². The first-order valence-electron chi connectivity index (χ1n) is 19.3. The molecule has 1 aliphatic heterocycles. The first kappa shape index (κ1) is 42.8. The smallest absolute Gasteiger partial charge is 0.335 e. The van der Waals surface area contributed by atoms with Gasteiger partial charge < -0.3 is 25.0 Å². The standard InChI is InChI=1S/C39H52N10O7S2/c1-9-26-33(58-22(3)41-26)34(50)44-37-42-27-18-24(35(51)52)20-29(55-8)31(27)48(37)23(4)49-32-28(43-38(49)45-39(5,6)47(10-2)40-7)19-25(36(53)54)21-30(32)57-17-11-12-46-13-15-56-16-14-46/h18-21,23,40H,9-17H2,1-8H3,(H,43,45)(H,51,52)(H,53,54)(H,42,44,50). The number of carbonyl (C=O) groups is 3. The Labute approximate surface area is 345 Å². The second-order valence-electron chi connectivity index (χ2n) is 14.4. The van der Waals surface area contributed by atoms with Crippen LogP contribution < -0.4 is 20.8 Å². The number of thioether (sulfide) groups is 1. The molecule has 0 bridgehead atoms. The summed E-state index contributed by atoms with van der Waals surface area (Å²) < 4.78 is 15.1. The zero-order valence-electron chi connectivity index (χ0n) is 34.1. The maximum atomic E-state index is 14.1. The molecule has 6 rings (SSSR count). The Hall–Kier alpha value is -4.79. The number of rotatable bonds is 18. The average Bonchev–Trinajstić information content (AvgIpc) is 3.88. The number of anilines is 2. The highest BCUT2D eigenvalue weighted by Crippen LogP contribution is 2.40. The Morgan fingerprint density at radius 2 is 1.64 bits per heavy atom. The van der Waals surface area contributed by atoms with Crippen LogP contribution in [0.2, 0.25) is 0 Å². The number of carboxylic acid groups (broad SMARTS) is 2. The first-order chi connectivity index (χ1) is 27.7. The molecule has 2 aromatic carbocycles. The van der Waals surface area contributed by atoms with Crippen molar-refractivity contribution in [3.63, 3.8) is 0 Å². The van der Waals surface area contributed by atoms with Crippen molar-refractivity contribution in [3.8, 4) is 5.75 Å². The summed E-state index contributed by atoms with van der Waals surface area (Å²) in [4.78, 5) is 56.8.